The molecule has 0 heterocycles. The van der Waals surface area contributed by atoms with Crippen LogP contribution in [0.4, 0.5) is 4.79 Å². The van der Waals surface area contributed by atoms with Gasteiger partial charge in [-0.1, -0.05) is 0 Å². The second kappa shape index (κ2) is 5.80. The maximum absolute atomic E-state index is 11.3. The fourth-order valence-corrected chi connectivity index (χ4v) is 0.945. The van der Waals surface area contributed by atoms with Gasteiger partial charge >= 0.3 is 6.09 Å². The average molecular weight is 237 g/mol. The van der Waals surface area contributed by atoms with Crippen molar-refractivity contribution in [1.82, 2.24) is 10.4 Å². The molecule has 0 aromatic carbocycles. The van der Waals surface area contributed by atoms with Gasteiger partial charge in [0.05, 0.1) is 0 Å². The van der Waals surface area contributed by atoms with Gasteiger partial charge in [-0.25, -0.2) is 10.2 Å². The van der Waals surface area contributed by atoms with Gasteiger partial charge in [0.1, 0.15) is 11.5 Å². The van der Waals surface area contributed by atoms with Crippen LogP contribution in [-0.2, 0) is 9.53 Å². The molecule has 5 nitrogen and oxygen atoms in total. The summed E-state index contributed by atoms with van der Waals surface area (Å²) in [6, 6.07) is 0. The molecule has 0 saturated carbocycles. The molecule has 0 fully saturated rings. The summed E-state index contributed by atoms with van der Waals surface area (Å²) in [4.78, 5) is 22.4. The first-order valence-corrected chi connectivity index (χ1v) is 5.19. The summed E-state index contributed by atoms with van der Waals surface area (Å²) in [5.41, 5.74) is 1.72. The van der Waals surface area contributed by atoms with Crippen LogP contribution >= 0.6 is 11.6 Å². The molecule has 15 heavy (non-hydrogen) atoms. The molecule has 0 rings (SSSR count). The minimum absolute atomic E-state index is 0.177. The van der Waals surface area contributed by atoms with E-state index in [0.29, 0.717) is 6.54 Å². The van der Waals surface area contributed by atoms with Crippen molar-refractivity contribution in [3.63, 3.8) is 0 Å². The van der Waals surface area contributed by atoms with Crippen molar-refractivity contribution in [2.24, 2.45) is 0 Å². The SMILES string of the molecule is CCN(NC(=O)OC(C)(C)C)C(=O)CCl. The highest BCUT2D eigenvalue weighted by Gasteiger charge is 2.19. The van der Waals surface area contributed by atoms with Gasteiger partial charge in [0.2, 0.25) is 0 Å². The predicted molar refractivity (Wildman–Crippen MR) is 57.5 cm³/mol. The van der Waals surface area contributed by atoms with Gasteiger partial charge in [-0.15, -0.1) is 11.6 Å². The molecule has 0 aromatic heterocycles. The molecule has 0 aliphatic carbocycles. The van der Waals surface area contributed by atoms with Gasteiger partial charge in [0.25, 0.3) is 5.91 Å². The zero-order chi connectivity index (χ0) is 12.1. The highest BCUT2D eigenvalue weighted by atomic mass is 35.5. The third-order valence-corrected chi connectivity index (χ3v) is 1.59. The van der Waals surface area contributed by atoms with E-state index in [-0.39, 0.29) is 11.8 Å². The molecule has 1 N–H and O–H groups in total. The lowest BCUT2D eigenvalue weighted by Gasteiger charge is -2.24. The Hall–Kier alpha value is -0.970. The van der Waals surface area contributed by atoms with E-state index in [0.717, 1.165) is 5.01 Å². The summed E-state index contributed by atoms with van der Waals surface area (Å²) in [6.07, 6.45) is -0.664. The summed E-state index contributed by atoms with van der Waals surface area (Å²) >= 11 is 5.36. The van der Waals surface area contributed by atoms with Crippen molar-refractivity contribution in [1.29, 1.82) is 0 Å². The summed E-state index contributed by atoms with van der Waals surface area (Å²) in [7, 11) is 0. The standard InChI is InChI=1S/C9H17ClN2O3/c1-5-12(7(13)6-10)11-8(14)15-9(2,3)4/h5-6H2,1-4H3,(H,11,14). The Bertz CT molecular complexity index is 238. The summed E-state index contributed by atoms with van der Waals surface area (Å²) in [5.74, 6) is -0.547. The minimum atomic E-state index is -0.664. The number of alkyl halides is 1. The van der Waals surface area contributed by atoms with Crippen molar-refractivity contribution >= 4 is 23.6 Å². The van der Waals surface area contributed by atoms with Gasteiger partial charge < -0.3 is 4.74 Å². The number of rotatable bonds is 2. The zero-order valence-electron chi connectivity index (χ0n) is 9.46. The van der Waals surface area contributed by atoms with Gasteiger partial charge in [0.15, 0.2) is 0 Å². The van der Waals surface area contributed by atoms with E-state index >= 15 is 0 Å². The van der Waals surface area contributed by atoms with Crippen LogP contribution in [0.15, 0.2) is 0 Å². The Morgan fingerprint density at radius 1 is 1.40 bits per heavy atom. The molecule has 0 aromatic rings. The molecule has 0 aliphatic heterocycles. The van der Waals surface area contributed by atoms with Gasteiger partial charge in [0, 0.05) is 6.54 Å². The Morgan fingerprint density at radius 3 is 2.27 bits per heavy atom. The fourth-order valence-electron chi connectivity index (χ4n) is 0.801. The molecule has 0 atom stereocenters. The maximum Gasteiger partial charge on any atom is 0.426 e. The number of carbonyl (C=O) groups excluding carboxylic acids is 2. The fraction of sp³-hybridized carbons (Fsp3) is 0.778. The predicted octanol–water partition coefficient (Wildman–Crippen LogP) is 1.51. The molecule has 2 amide bonds. The van der Waals surface area contributed by atoms with E-state index in [4.69, 9.17) is 16.3 Å². The second-order valence-electron chi connectivity index (χ2n) is 3.89. The number of ether oxygens (including phenoxy) is 1. The number of hydrazine groups is 1. The maximum atomic E-state index is 11.3. The first kappa shape index (κ1) is 14.0. The number of hydrogen-bond acceptors (Lipinski definition) is 3. The molecule has 88 valence electrons. The van der Waals surface area contributed by atoms with E-state index in [9.17, 15) is 9.59 Å². The van der Waals surface area contributed by atoms with Crippen molar-refractivity contribution < 1.29 is 14.3 Å². The van der Waals surface area contributed by atoms with Crippen LogP contribution < -0.4 is 5.43 Å². The lowest BCUT2D eigenvalue weighted by Crippen LogP contribution is -2.48. The Kier molecular flexibility index (Phi) is 5.43. The second-order valence-corrected chi connectivity index (χ2v) is 4.15. The van der Waals surface area contributed by atoms with Crippen LogP contribution in [0.3, 0.4) is 0 Å². The minimum Gasteiger partial charge on any atom is -0.443 e. The number of nitrogens with zero attached hydrogens (tertiary/aromatic N) is 1. The first-order valence-electron chi connectivity index (χ1n) is 4.66. The molecule has 0 bridgehead atoms. The molecule has 0 unspecified atom stereocenters. The highest BCUT2D eigenvalue weighted by Crippen LogP contribution is 2.06. The molecule has 0 spiro atoms. The number of hydrogen-bond donors (Lipinski definition) is 1. The third kappa shape index (κ3) is 6.17. The monoisotopic (exact) mass is 236 g/mol. The number of carbonyl (C=O) groups is 2. The summed E-state index contributed by atoms with van der Waals surface area (Å²) < 4.78 is 4.98. The van der Waals surface area contributed by atoms with Crippen LogP contribution in [0.5, 0.6) is 0 Å². The molecular weight excluding hydrogens is 220 g/mol. The van der Waals surface area contributed by atoms with Crippen molar-refractivity contribution in [2.45, 2.75) is 33.3 Å². The van der Waals surface area contributed by atoms with Crippen LogP contribution in [0.1, 0.15) is 27.7 Å². The van der Waals surface area contributed by atoms with Gasteiger partial charge in [-0.3, -0.25) is 9.80 Å². The Labute approximate surface area is 94.7 Å². The van der Waals surface area contributed by atoms with E-state index in [1.807, 2.05) is 0 Å². The van der Waals surface area contributed by atoms with E-state index in [1.54, 1.807) is 27.7 Å². The third-order valence-electron chi connectivity index (χ3n) is 1.36. The molecule has 0 aliphatic rings. The number of amides is 2. The topological polar surface area (TPSA) is 58.6 Å². The van der Waals surface area contributed by atoms with Crippen LogP contribution in [0, 0.1) is 0 Å². The van der Waals surface area contributed by atoms with Crippen LogP contribution in [0.2, 0.25) is 0 Å². The Balaban J connectivity index is 4.20. The van der Waals surface area contributed by atoms with Crippen molar-refractivity contribution in [3.8, 4) is 0 Å². The van der Waals surface area contributed by atoms with Gasteiger partial charge in [-0.05, 0) is 27.7 Å². The summed E-state index contributed by atoms with van der Waals surface area (Å²) in [6.45, 7) is 7.29. The quantitative estimate of drug-likeness (QED) is 0.584. The van der Waals surface area contributed by atoms with Crippen molar-refractivity contribution in [2.75, 3.05) is 12.4 Å². The van der Waals surface area contributed by atoms with Crippen LogP contribution in [0.25, 0.3) is 0 Å². The summed E-state index contributed by atoms with van der Waals surface area (Å²) in [5, 5.41) is 1.11. The van der Waals surface area contributed by atoms with Gasteiger partial charge in [-0.2, -0.15) is 0 Å². The molecule has 0 radical (unpaired) electrons. The normalized spacial score (nSPS) is 10.7. The highest BCUT2D eigenvalue weighted by molar-refractivity contribution is 6.27. The van der Waals surface area contributed by atoms with E-state index < -0.39 is 11.7 Å². The average Bonchev–Trinajstić information content (AvgIpc) is 2.10. The largest absolute Gasteiger partial charge is 0.443 e. The zero-order valence-corrected chi connectivity index (χ0v) is 10.2. The smallest absolute Gasteiger partial charge is 0.426 e. The number of nitrogens with one attached hydrogen (secondary N) is 1. The van der Waals surface area contributed by atoms with Crippen molar-refractivity contribution in [3.05, 3.63) is 0 Å². The molecule has 6 heteroatoms. The Morgan fingerprint density at radius 2 is 1.93 bits per heavy atom. The molecule has 0 saturated heterocycles. The molecular formula is C9H17ClN2O3. The lowest BCUT2D eigenvalue weighted by atomic mass is 10.2. The first-order chi connectivity index (χ1) is 6.80. The van der Waals surface area contributed by atoms with E-state index in [2.05, 4.69) is 5.43 Å². The lowest BCUT2D eigenvalue weighted by molar-refractivity contribution is -0.131. The van der Waals surface area contributed by atoms with Crippen LogP contribution in [-0.4, -0.2) is 35.0 Å². The van der Waals surface area contributed by atoms with E-state index in [1.165, 1.54) is 0 Å². The number of halogens is 1.